The molecule has 1 rings (SSSR count). The highest BCUT2D eigenvalue weighted by atomic mass is 16.5. The molecule has 0 aromatic rings. The van der Waals surface area contributed by atoms with E-state index in [2.05, 4.69) is 26.1 Å². The van der Waals surface area contributed by atoms with Crippen LogP contribution in [0, 0.1) is 0 Å². The van der Waals surface area contributed by atoms with E-state index in [1.165, 1.54) is 32.1 Å². The topological polar surface area (TPSA) is 30.5 Å². The van der Waals surface area contributed by atoms with Gasteiger partial charge in [0.2, 0.25) is 0 Å². The van der Waals surface area contributed by atoms with Gasteiger partial charge in [-0.2, -0.15) is 0 Å². The molecule has 18 heavy (non-hydrogen) atoms. The maximum Gasteiger partial charge on any atom is 0.0637 e. The molecule has 0 aromatic heterocycles. The van der Waals surface area contributed by atoms with Crippen molar-refractivity contribution in [2.24, 2.45) is 0 Å². The van der Waals surface area contributed by atoms with Crippen molar-refractivity contribution >= 4 is 0 Å². The summed E-state index contributed by atoms with van der Waals surface area (Å²) in [5.41, 5.74) is -0.0397. The minimum Gasteiger partial charge on any atom is -0.379 e. The monoisotopic (exact) mass is 257 g/mol. The van der Waals surface area contributed by atoms with Crippen LogP contribution in [0.3, 0.4) is 0 Å². The Labute approximate surface area is 113 Å². The summed E-state index contributed by atoms with van der Waals surface area (Å²) in [6, 6.07) is 0.545. The summed E-state index contributed by atoms with van der Waals surface area (Å²) in [7, 11) is 1.80. The number of ether oxygens (including phenoxy) is 2. The van der Waals surface area contributed by atoms with Crippen LogP contribution in [-0.2, 0) is 9.47 Å². The summed E-state index contributed by atoms with van der Waals surface area (Å²) < 4.78 is 11.3. The predicted molar refractivity (Wildman–Crippen MR) is 76.0 cm³/mol. The van der Waals surface area contributed by atoms with Gasteiger partial charge in [-0.25, -0.2) is 0 Å². The van der Waals surface area contributed by atoms with Crippen LogP contribution in [0.2, 0.25) is 0 Å². The third kappa shape index (κ3) is 6.17. The van der Waals surface area contributed by atoms with Gasteiger partial charge in [-0.15, -0.1) is 0 Å². The van der Waals surface area contributed by atoms with Crippen molar-refractivity contribution in [1.82, 2.24) is 5.32 Å². The molecule has 3 heteroatoms. The molecular formula is C15H31NO2. The molecular weight excluding hydrogens is 226 g/mol. The molecule has 2 unspecified atom stereocenters. The highest BCUT2D eigenvalue weighted by molar-refractivity contribution is 4.80. The summed E-state index contributed by atoms with van der Waals surface area (Å²) in [5.74, 6) is 0. The number of rotatable bonds is 9. The molecule has 1 aliphatic heterocycles. The zero-order chi connectivity index (χ0) is 13.4. The average molecular weight is 257 g/mol. The van der Waals surface area contributed by atoms with Gasteiger partial charge in [0.25, 0.3) is 0 Å². The third-order valence-corrected chi connectivity index (χ3v) is 3.83. The fourth-order valence-electron chi connectivity index (χ4n) is 2.56. The first-order valence-corrected chi connectivity index (χ1v) is 7.47. The van der Waals surface area contributed by atoms with E-state index in [4.69, 9.17) is 9.47 Å². The van der Waals surface area contributed by atoms with E-state index >= 15 is 0 Å². The first-order valence-electron chi connectivity index (χ1n) is 7.47. The summed E-state index contributed by atoms with van der Waals surface area (Å²) >= 11 is 0. The molecule has 1 heterocycles. The van der Waals surface area contributed by atoms with E-state index in [1.54, 1.807) is 7.11 Å². The smallest absolute Gasteiger partial charge is 0.0637 e. The molecule has 1 fully saturated rings. The Balaban J connectivity index is 2.33. The Kier molecular flexibility index (Phi) is 7.20. The highest BCUT2D eigenvalue weighted by Crippen LogP contribution is 2.22. The highest BCUT2D eigenvalue weighted by Gasteiger charge is 2.24. The van der Waals surface area contributed by atoms with Gasteiger partial charge < -0.3 is 14.8 Å². The van der Waals surface area contributed by atoms with E-state index in [-0.39, 0.29) is 5.60 Å². The average Bonchev–Trinajstić information content (AvgIpc) is 2.85. The Morgan fingerprint density at radius 1 is 1.44 bits per heavy atom. The minimum absolute atomic E-state index is 0.0397. The normalized spacial score (nSPS) is 22.3. The standard InChI is InChI=1S/C15H31NO2/c1-5-10-16-13(12-15(2,3)17-4)8-9-14-7-6-11-18-14/h13-14,16H,5-12H2,1-4H3. The SMILES string of the molecule is CCCNC(CCC1CCCO1)CC(C)(C)OC. The summed E-state index contributed by atoms with van der Waals surface area (Å²) in [6.45, 7) is 8.60. The second-order valence-corrected chi connectivity index (χ2v) is 6.03. The zero-order valence-electron chi connectivity index (χ0n) is 12.6. The molecule has 0 saturated carbocycles. The Morgan fingerprint density at radius 3 is 2.78 bits per heavy atom. The van der Waals surface area contributed by atoms with Crippen molar-refractivity contribution in [3.8, 4) is 0 Å². The van der Waals surface area contributed by atoms with Gasteiger partial charge in [-0.05, 0) is 58.9 Å². The second-order valence-electron chi connectivity index (χ2n) is 6.03. The van der Waals surface area contributed by atoms with Crippen molar-refractivity contribution in [2.75, 3.05) is 20.3 Å². The molecule has 108 valence electrons. The zero-order valence-corrected chi connectivity index (χ0v) is 12.6. The molecule has 0 spiro atoms. The first-order chi connectivity index (χ1) is 8.57. The van der Waals surface area contributed by atoms with Crippen molar-refractivity contribution in [3.05, 3.63) is 0 Å². The van der Waals surface area contributed by atoms with Gasteiger partial charge in [0.1, 0.15) is 0 Å². The lowest BCUT2D eigenvalue weighted by Crippen LogP contribution is -2.38. The predicted octanol–water partition coefficient (Wildman–Crippen LogP) is 3.13. The van der Waals surface area contributed by atoms with Crippen molar-refractivity contribution < 1.29 is 9.47 Å². The number of hydrogen-bond acceptors (Lipinski definition) is 3. The number of nitrogens with one attached hydrogen (secondary N) is 1. The van der Waals surface area contributed by atoms with Crippen molar-refractivity contribution in [2.45, 2.75) is 77.0 Å². The van der Waals surface area contributed by atoms with Crippen LogP contribution in [-0.4, -0.2) is 38.0 Å². The van der Waals surface area contributed by atoms with Gasteiger partial charge >= 0.3 is 0 Å². The fraction of sp³-hybridized carbons (Fsp3) is 1.00. The molecule has 0 bridgehead atoms. The first kappa shape index (κ1) is 15.9. The van der Waals surface area contributed by atoms with Crippen LogP contribution >= 0.6 is 0 Å². The second kappa shape index (κ2) is 8.13. The number of methoxy groups -OCH3 is 1. The molecule has 1 aliphatic rings. The molecule has 0 aromatic carbocycles. The maximum atomic E-state index is 5.71. The maximum absolute atomic E-state index is 5.71. The van der Waals surface area contributed by atoms with Crippen molar-refractivity contribution in [3.63, 3.8) is 0 Å². The van der Waals surface area contributed by atoms with Crippen LogP contribution < -0.4 is 5.32 Å². The molecule has 0 aliphatic carbocycles. The van der Waals surface area contributed by atoms with Crippen molar-refractivity contribution in [1.29, 1.82) is 0 Å². The van der Waals surface area contributed by atoms with Crippen LogP contribution in [0.15, 0.2) is 0 Å². The quantitative estimate of drug-likeness (QED) is 0.688. The lowest BCUT2D eigenvalue weighted by Gasteiger charge is -2.29. The Hall–Kier alpha value is -0.120. The van der Waals surface area contributed by atoms with Crippen LogP contribution in [0.25, 0.3) is 0 Å². The van der Waals surface area contributed by atoms with E-state index < -0.39 is 0 Å². The van der Waals surface area contributed by atoms with E-state index in [0.29, 0.717) is 12.1 Å². The van der Waals surface area contributed by atoms with Gasteiger partial charge in [-0.1, -0.05) is 6.92 Å². The summed E-state index contributed by atoms with van der Waals surface area (Å²) in [5, 5.41) is 3.65. The molecule has 3 nitrogen and oxygen atoms in total. The lowest BCUT2D eigenvalue weighted by molar-refractivity contribution is 0.00461. The van der Waals surface area contributed by atoms with Gasteiger partial charge in [-0.3, -0.25) is 0 Å². The minimum atomic E-state index is -0.0397. The summed E-state index contributed by atoms with van der Waals surface area (Å²) in [4.78, 5) is 0. The van der Waals surface area contributed by atoms with Gasteiger partial charge in [0.05, 0.1) is 11.7 Å². The Morgan fingerprint density at radius 2 is 2.22 bits per heavy atom. The molecule has 0 radical (unpaired) electrons. The Bertz CT molecular complexity index is 213. The lowest BCUT2D eigenvalue weighted by atomic mass is 9.94. The van der Waals surface area contributed by atoms with Gasteiger partial charge in [0, 0.05) is 19.8 Å². The third-order valence-electron chi connectivity index (χ3n) is 3.83. The van der Waals surface area contributed by atoms with E-state index in [1.807, 2.05) is 0 Å². The van der Waals surface area contributed by atoms with Crippen LogP contribution in [0.4, 0.5) is 0 Å². The van der Waals surface area contributed by atoms with E-state index in [9.17, 15) is 0 Å². The van der Waals surface area contributed by atoms with Crippen LogP contribution in [0.1, 0.15) is 59.3 Å². The molecule has 2 atom stereocenters. The molecule has 0 amide bonds. The fourth-order valence-corrected chi connectivity index (χ4v) is 2.56. The molecule has 1 N–H and O–H groups in total. The molecule has 1 saturated heterocycles. The van der Waals surface area contributed by atoms with Gasteiger partial charge in [0.15, 0.2) is 0 Å². The summed E-state index contributed by atoms with van der Waals surface area (Å²) in [6.07, 6.45) is 7.61. The van der Waals surface area contributed by atoms with E-state index in [0.717, 1.165) is 19.6 Å². The number of hydrogen-bond donors (Lipinski definition) is 1. The van der Waals surface area contributed by atoms with Crippen LogP contribution in [0.5, 0.6) is 0 Å². The largest absolute Gasteiger partial charge is 0.379 e.